The number of hydrogen-bond donors (Lipinski definition) is 3. The van der Waals surface area contributed by atoms with Crippen LogP contribution in [-0.4, -0.2) is 38.3 Å². The molecule has 2 rings (SSSR count). The molecular formula is C19H29IN4OS. The van der Waals surface area contributed by atoms with E-state index >= 15 is 0 Å². The number of thiophene rings is 1. The number of nitrogens with zero attached hydrogens (tertiary/aromatic N) is 2. The second kappa shape index (κ2) is 10.7. The van der Waals surface area contributed by atoms with Gasteiger partial charge in [-0.2, -0.15) is 11.3 Å². The van der Waals surface area contributed by atoms with Gasteiger partial charge >= 0.3 is 0 Å². The van der Waals surface area contributed by atoms with Crippen LogP contribution in [0.5, 0.6) is 0 Å². The van der Waals surface area contributed by atoms with Gasteiger partial charge < -0.3 is 20.6 Å². The topological polar surface area (TPSA) is 59.9 Å². The first-order chi connectivity index (χ1) is 11.9. The highest BCUT2D eigenvalue weighted by Crippen LogP contribution is 2.22. The molecule has 0 aliphatic heterocycles. The van der Waals surface area contributed by atoms with Crippen molar-refractivity contribution in [2.24, 2.45) is 4.99 Å². The van der Waals surface area contributed by atoms with Crippen LogP contribution in [0.25, 0.3) is 0 Å². The van der Waals surface area contributed by atoms with E-state index in [4.69, 9.17) is 0 Å². The van der Waals surface area contributed by atoms with Crippen molar-refractivity contribution in [3.63, 3.8) is 0 Å². The Balaban J connectivity index is 0.00000338. The second-order valence-corrected chi connectivity index (χ2v) is 7.18. The molecule has 0 saturated heterocycles. The summed E-state index contributed by atoms with van der Waals surface area (Å²) in [6.45, 7) is 5.59. The van der Waals surface area contributed by atoms with Gasteiger partial charge in [0.15, 0.2) is 5.96 Å². The molecule has 1 aromatic carbocycles. The Morgan fingerprint density at radius 2 is 2.04 bits per heavy atom. The minimum Gasteiger partial charge on any atom is -0.384 e. The zero-order chi connectivity index (χ0) is 18.3. The van der Waals surface area contributed by atoms with Crippen molar-refractivity contribution in [3.05, 3.63) is 52.2 Å². The average Bonchev–Trinajstić information content (AvgIpc) is 3.13. The maximum atomic E-state index is 10.6. The van der Waals surface area contributed by atoms with E-state index in [1.165, 1.54) is 0 Å². The third-order valence-electron chi connectivity index (χ3n) is 3.93. The predicted molar refractivity (Wildman–Crippen MR) is 123 cm³/mol. The fraction of sp³-hybridized carbons (Fsp3) is 0.421. The highest BCUT2D eigenvalue weighted by atomic mass is 127. The van der Waals surface area contributed by atoms with Gasteiger partial charge in [-0.1, -0.05) is 12.1 Å². The Morgan fingerprint density at radius 3 is 2.65 bits per heavy atom. The Morgan fingerprint density at radius 1 is 1.27 bits per heavy atom. The van der Waals surface area contributed by atoms with E-state index in [0.29, 0.717) is 19.0 Å². The summed E-state index contributed by atoms with van der Waals surface area (Å²) >= 11 is 1.58. The summed E-state index contributed by atoms with van der Waals surface area (Å²) in [4.78, 5) is 6.71. The number of guanidine groups is 1. The summed E-state index contributed by atoms with van der Waals surface area (Å²) in [5.74, 6) is 0.702. The zero-order valence-corrected chi connectivity index (χ0v) is 19.0. The first-order valence-electron chi connectivity index (χ1n) is 8.46. The van der Waals surface area contributed by atoms with Crippen molar-refractivity contribution in [2.45, 2.75) is 26.0 Å². The highest BCUT2D eigenvalue weighted by molar-refractivity contribution is 14.0. The van der Waals surface area contributed by atoms with Crippen LogP contribution in [0.4, 0.5) is 5.69 Å². The molecule has 0 amide bonds. The molecule has 144 valence electrons. The van der Waals surface area contributed by atoms with Gasteiger partial charge in [-0.25, -0.2) is 4.99 Å². The summed E-state index contributed by atoms with van der Waals surface area (Å²) in [6.07, 6.45) is 0. The minimum absolute atomic E-state index is 0. The van der Waals surface area contributed by atoms with Crippen molar-refractivity contribution in [2.75, 3.05) is 32.1 Å². The standard InChI is InChI=1S/C19H28N4OS.HI/c1-5-20-18(22-14-19(2,24)16-9-10-25-13-16)21-12-15-7-6-8-17(11-15)23(3)4;/h6-11,13,24H,5,12,14H2,1-4H3,(H2,20,21,22);1H. The molecule has 7 heteroatoms. The SMILES string of the molecule is CCNC(=NCc1cccc(N(C)C)c1)NCC(C)(O)c1ccsc1.I. The molecule has 1 heterocycles. The molecule has 5 nitrogen and oxygen atoms in total. The maximum Gasteiger partial charge on any atom is 0.191 e. The van der Waals surface area contributed by atoms with Crippen molar-refractivity contribution in [1.82, 2.24) is 10.6 Å². The summed E-state index contributed by atoms with van der Waals surface area (Å²) < 4.78 is 0. The van der Waals surface area contributed by atoms with Crippen LogP contribution >= 0.6 is 35.3 Å². The third-order valence-corrected chi connectivity index (χ3v) is 4.62. The van der Waals surface area contributed by atoms with Gasteiger partial charge in [0, 0.05) is 26.3 Å². The summed E-state index contributed by atoms with van der Waals surface area (Å²) in [5.41, 5.74) is 2.29. The number of aliphatic imine (C=N–C) groups is 1. The summed E-state index contributed by atoms with van der Waals surface area (Å²) in [7, 11) is 4.06. The van der Waals surface area contributed by atoms with E-state index in [0.717, 1.165) is 23.4 Å². The molecule has 0 bridgehead atoms. The van der Waals surface area contributed by atoms with E-state index in [9.17, 15) is 5.11 Å². The van der Waals surface area contributed by atoms with Crippen molar-refractivity contribution in [3.8, 4) is 0 Å². The number of halogens is 1. The van der Waals surface area contributed by atoms with Crippen LogP contribution < -0.4 is 15.5 Å². The van der Waals surface area contributed by atoms with E-state index in [1.807, 2.05) is 50.8 Å². The normalized spacial score (nSPS) is 13.5. The van der Waals surface area contributed by atoms with Gasteiger partial charge in [0.2, 0.25) is 0 Å². The lowest BCUT2D eigenvalue weighted by atomic mass is 9.99. The van der Waals surface area contributed by atoms with Crippen molar-refractivity contribution < 1.29 is 5.11 Å². The lowest BCUT2D eigenvalue weighted by molar-refractivity contribution is 0.0621. The monoisotopic (exact) mass is 488 g/mol. The van der Waals surface area contributed by atoms with Crippen LogP contribution in [-0.2, 0) is 12.1 Å². The van der Waals surface area contributed by atoms with Crippen LogP contribution in [0, 0.1) is 0 Å². The van der Waals surface area contributed by atoms with E-state index in [2.05, 4.69) is 38.7 Å². The molecule has 26 heavy (non-hydrogen) atoms. The molecule has 1 atom stereocenters. The third kappa shape index (κ3) is 6.77. The number of benzene rings is 1. The molecule has 0 spiro atoms. The van der Waals surface area contributed by atoms with Gasteiger partial charge in [-0.05, 0) is 53.9 Å². The quantitative estimate of drug-likeness (QED) is 0.318. The molecule has 0 radical (unpaired) electrons. The van der Waals surface area contributed by atoms with E-state index in [-0.39, 0.29) is 24.0 Å². The fourth-order valence-electron chi connectivity index (χ4n) is 2.37. The number of nitrogens with one attached hydrogen (secondary N) is 2. The van der Waals surface area contributed by atoms with Gasteiger partial charge in [0.05, 0.1) is 13.1 Å². The number of aliphatic hydroxyl groups is 1. The molecule has 0 saturated carbocycles. The van der Waals surface area contributed by atoms with Crippen molar-refractivity contribution >= 4 is 47.0 Å². The second-order valence-electron chi connectivity index (χ2n) is 6.40. The molecule has 1 unspecified atom stereocenters. The zero-order valence-electron chi connectivity index (χ0n) is 15.8. The molecule has 0 fully saturated rings. The van der Waals surface area contributed by atoms with Crippen LogP contribution in [0.3, 0.4) is 0 Å². The van der Waals surface area contributed by atoms with Gasteiger partial charge in [-0.15, -0.1) is 24.0 Å². The van der Waals surface area contributed by atoms with Crippen LogP contribution in [0.15, 0.2) is 46.1 Å². The van der Waals surface area contributed by atoms with E-state index in [1.54, 1.807) is 11.3 Å². The molecule has 1 aromatic heterocycles. The Kier molecular flexibility index (Phi) is 9.38. The van der Waals surface area contributed by atoms with Gasteiger partial charge in [0.1, 0.15) is 5.60 Å². The highest BCUT2D eigenvalue weighted by Gasteiger charge is 2.23. The number of hydrogen-bond acceptors (Lipinski definition) is 4. The minimum atomic E-state index is -0.930. The average molecular weight is 488 g/mol. The smallest absolute Gasteiger partial charge is 0.191 e. The Bertz CT molecular complexity index is 687. The first-order valence-corrected chi connectivity index (χ1v) is 9.40. The summed E-state index contributed by atoms with van der Waals surface area (Å²) in [5, 5.41) is 21.0. The van der Waals surface area contributed by atoms with Crippen LogP contribution in [0.2, 0.25) is 0 Å². The fourth-order valence-corrected chi connectivity index (χ4v) is 3.16. The molecule has 2 aromatic rings. The largest absolute Gasteiger partial charge is 0.384 e. The van der Waals surface area contributed by atoms with Crippen LogP contribution in [0.1, 0.15) is 25.0 Å². The lowest BCUT2D eigenvalue weighted by Gasteiger charge is -2.24. The van der Waals surface area contributed by atoms with Gasteiger partial charge in [0.25, 0.3) is 0 Å². The van der Waals surface area contributed by atoms with E-state index < -0.39 is 5.60 Å². The molecular weight excluding hydrogens is 459 g/mol. The molecule has 0 aliphatic carbocycles. The predicted octanol–water partition coefficient (Wildman–Crippen LogP) is 3.39. The molecule has 3 N–H and O–H groups in total. The lowest BCUT2D eigenvalue weighted by Crippen LogP contribution is -2.44. The first kappa shape index (κ1) is 22.7. The number of anilines is 1. The Hall–Kier alpha value is -1.32. The van der Waals surface area contributed by atoms with Crippen molar-refractivity contribution in [1.29, 1.82) is 0 Å². The van der Waals surface area contributed by atoms with Gasteiger partial charge in [-0.3, -0.25) is 0 Å². The number of rotatable bonds is 7. The maximum absolute atomic E-state index is 10.6. The molecule has 0 aliphatic rings. The summed E-state index contributed by atoms with van der Waals surface area (Å²) in [6, 6.07) is 10.3. The Labute approximate surface area is 177 Å².